The van der Waals surface area contributed by atoms with Crippen molar-refractivity contribution >= 4 is 23.2 Å². The Hall–Kier alpha value is -1.36. The third kappa shape index (κ3) is 2.16. The van der Waals surface area contributed by atoms with Gasteiger partial charge in [0.05, 0.1) is 5.92 Å². The van der Waals surface area contributed by atoms with Crippen LogP contribution in [-0.4, -0.2) is 34.5 Å². The molecule has 2 aliphatic rings. The standard InChI is InChI=1S/C14H17NO3S/c16-13(15-7-2-4-11(15)14(17)18)10-3-1-5-12-9(10)6-8-19-12/h6,8,10-11H,1-5,7H2,(H,17,18). The number of fused-ring (bicyclic) bond motifs is 1. The van der Waals surface area contributed by atoms with Crippen LogP contribution in [0.25, 0.3) is 0 Å². The van der Waals surface area contributed by atoms with Crippen molar-refractivity contribution < 1.29 is 14.7 Å². The van der Waals surface area contributed by atoms with Gasteiger partial charge < -0.3 is 10.0 Å². The maximum atomic E-state index is 12.6. The molecule has 2 heterocycles. The Kier molecular flexibility index (Phi) is 3.31. The summed E-state index contributed by atoms with van der Waals surface area (Å²) in [5, 5.41) is 11.2. The van der Waals surface area contributed by atoms with E-state index in [4.69, 9.17) is 0 Å². The molecule has 5 heteroatoms. The highest BCUT2D eigenvalue weighted by Gasteiger charge is 2.38. The first-order chi connectivity index (χ1) is 9.18. The minimum absolute atomic E-state index is 0.0178. The van der Waals surface area contributed by atoms with Crippen molar-refractivity contribution in [2.24, 2.45) is 0 Å². The fourth-order valence-electron chi connectivity index (χ4n) is 3.23. The van der Waals surface area contributed by atoms with Gasteiger partial charge in [-0.25, -0.2) is 4.79 Å². The molecule has 2 atom stereocenters. The van der Waals surface area contributed by atoms with E-state index >= 15 is 0 Å². The molecule has 0 radical (unpaired) electrons. The maximum Gasteiger partial charge on any atom is 0.326 e. The van der Waals surface area contributed by atoms with Crippen molar-refractivity contribution in [3.05, 3.63) is 21.9 Å². The molecule has 1 aliphatic carbocycles. The molecule has 0 aromatic carbocycles. The number of carboxylic acids is 1. The zero-order valence-corrected chi connectivity index (χ0v) is 11.5. The number of thiophene rings is 1. The molecule has 3 rings (SSSR count). The van der Waals surface area contributed by atoms with E-state index in [2.05, 4.69) is 0 Å². The topological polar surface area (TPSA) is 57.6 Å². The first-order valence-corrected chi connectivity index (χ1v) is 7.66. The predicted molar refractivity (Wildman–Crippen MR) is 72.4 cm³/mol. The molecule has 1 saturated heterocycles. The number of carboxylic acid groups (broad SMARTS) is 1. The largest absolute Gasteiger partial charge is 0.480 e. The molecule has 102 valence electrons. The molecule has 0 bridgehead atoms. The van der Waals surface area contributed by atoms with Crippen molar-refractivity contribution in [3.8, 4) is 0 Å². The molecule has 1 amide bonds. The Morgan fingerprint density at radius 2 is 2.16 bits per heavy atom. The second kappa shape index (κ2) is 4.96. The molecule has 0 spiro atoms. The van der Waals surface area contributed by atoms with Gasteiger partial charge in [-0.2, -0.15) is 0 Å². The van der Waals surface area contributed by atoms with E-state index in [0.29, 0.717) is 13.0 Å². The number of rotatable bonds is 2. The van der Waals surface area contributed by atoms with Gasteiger partial charge in [-0.1, -0.05) is 0 Å². The summed E-state index contributed by atoms with van der Waals surface area (Å²) in [5.74, 6) is -0.966. The fraction of sp³-hybridized carbons (Fsp3) is 0.571. The van der Waals surface area contributed by atoms with Crippen LogP contribution in [0.15, 0.2) is 11.4 Å². The highest BCUT2D eigenvalue weighted by molar-refractivity contribution is 7.10. The van der Waals surface area contributed by atoms with Crippen LogP contribution in [0.2, 0.25) is 0 Å². The van der Waals surface area contributed by atoms with Crippen LogP contribution in [0, 0.1) is 0 Å². The zero-order chi connectivity index (χ0) is 13.4. The van der Waals surface area contributed by atoms with Crippen LogP contribution in [0.3, 0.4) is 0 Å². The van der Waals surface area contributed by atoms with Gasteiger partial charge in [0.2, 0.25) is 5.91 Å². The predicted octanol–water partition coefficient (Wildman–Crippen LogP) is 2.24. The summed E-state index contributed by atoms with van der Waals surface area (Å²) < 4.78 is 0. The number of amides is 1. The average Bonchev–Trinajstić information content (AvgIpc) is 3.05. The molecule has 1 N–H and O–H groups in total. The minimum atomic E-state index is -0.868. The Labute approximate surface area is 116 Å². The minimum Gasteiger partial charge on any atom is -0.480 e. The van der Waals surface area contributed by atoms with Gasteiger partial charge in [0.1, 0.15) is 6.04 Å². The summed E-state index contributed by atoms with van der Waals surface area (Å²) in [6.07, 6.45) is 4.32. The van der Waals surface area contributed by atoms with E-state index in [1.54, 1.807) is 16.2 Å². The molecule has 0 saturated carbocycles. The van der Waals surface area contributed by atoms with Crippen molar-refractivity contribution in [1.29, 1.82) is 0 Å². The number of carbonyl (C=O) groups is 2. The number of aliphatic carboxylic acids is 1. The van der Waals surface area contributed by atoms with E-state index < -0.39 is 12.0 Å². The molecule has 19 heavy (non-hydrogen) atoms. The number of carbonyl (C=O) groups excluding carboxylic acids is 1. The lowest BCUT2D eigenvalue weighted by Gasteiger charge is -2.29. The van der Waals surface area contributed by atoms with Gasteiger partial charge in [-0.3, -0.25) is 4.79 Å². The molecule has 1 aliphatic heterocycles. The van der Waals surface area contributed by atoms with Gasteiger partial charge in [0, 0.05) is 11.4 Å². The van der Waals surface area contributed by atoms with Crippen molar-refractivity contribution in [3.63, 3.8) is 0 Å². The molecule has 4 nitrogen and oxygen atoms in total. The highest BCUT2D eigenvalue weighted by Crippen LogP contribution is 2.37. The molecule has 2 unspecified atom stereocenters. The maximum absolute atomic E-state index is 12.6. The summed E-state index contributed by atoms with van der Waals surface area (Å²) >= 11 is 1.71. The summed E-state index contributed by atoms with van der Waals surface area (Å²) in [4.78, 5) is 26.7. The van der Waals surface area contributed by atoms with E-state index in [0.717, 1.165) is 31.2 Å². The lowest BCUT2D eigenvalue weighted by Crippen LogP contribution is -2.43. The average molecular weight is 279 g/mol. The summed E-state index contributed by atoms with van der Waals surface area (Å²) in [6, 6.07) is 1.42. The summed E-state index contributed by atoms with van der Waals surface area (Å²) in [6.45, 7) is 0.589. The Bertz CT molecular complexity index is 511. The van der Waals surface area contributed by atoms with Gasteiger partial charge in [-0.05, 0) is 49.1 Å². The van der Waals surface area contributed by atoms with Gasteiger partial charge in [0.15, 0.2) is 0 Å². The number of aryl methyl sites for hydroxylation is 1. The van der Waals surface area contributed by atoms with E-state index in [1.165, 1.54) is 4.88 Å². The van der Waals surface area contributed by atoms with Crippen LogP contribution >= 0.6 is 11.3 Å². The Morgan fingerprint density at radius 3 is 2.95 bits per heavy atom. The third-order valence-electron chi connectivity index (χ3n) is 4.17. The first kappa shape index (κ1) is 12.7. The lowest BCUT2D eigenvalue weighted by molar-refractivity contribution is -0.148. The number of hydrogen-bond acceptors (Lipinski definition) is 3. The molecular weight excluding hydrogens is 262 g/mol. The van der Waals surface area contributed by atoms with E-state index in [-0.39, 0.29) is 11.8 Å². The second-order valence-electron chi connectivity index (χ2n) is 5.27. The van der Waals surface area contributed by atoms with Gasteiger partial charge in [-0.15, -0.1) is 11.3 Å². The highest BCUT2D eigenvalue weighted by atomic mass is 32.1. The van der Waals surface area contributed by atoms with E-state index in [1.807, 2.05) is 11.4 Å². The normalized spacial score (nSPS) is 26.2. The molecule has 1 aromatic rings. The lowest BCUT2D eigenvalue weighted by atomic mass is 9.86. The SMILES string of the molecule is O=C(O)C1CCCN1C(=O)C1CCCc2sccc21. The van der Waals surface area contributed by atoms with E-state index in [9.17, 15) is 14.7 Å². The van der Waals surface area contributed by atoms with Gasteiger partial charge in [0.25, 0.3) is 0 Å². The number of nitrogens with zero attached hydrogens (tertiary/aromatic N) is 1. The molecule has 1 fully saturated rings. The van der Waals surface area contributed by atoms with Crippen LogP contribution in [-0.2, 0) is 16.0 Å². The van der Waals surface area contributed by atoms with Crippen molar-refractivity contribution in [1.82, 2.24) is 4.90 Å². The van der Waals surface area contributed by atoms with Gasteiger partial charge >= 0.3 is 5.97 Å². The summed E-state index contributed by atoms with van der Waals surface area (Å²) in [5.41, 5.74) is 1.14. The van der Waals surface area contributed by atoms with Crippen molar-refractivity contribution in [2.75, 3.05) is 6.54 Å². The molecular formula is C14H17NO3S. The zero-order valence-electron chi connectivity index (χ0n) is 10.7. The number of likely N-dealkylation sites (tertiary alicyclic amines) is 1. The Balaban J connectivity index is 1.84. The third-order valence-corrected chi connectivity index (χ3v) is 5.17. The number of hydrogen-bond donors (Lipinski definition) is 1. The van der Waals surface area contributed by atoms with Crippen molar-refractivity contribution in [2.45, 2.75) is 44.1 Å². The van der Waals surface area contributed by atoms with Crippen LogP contribution < -0.4 is 0 Å². The monoisotopic (exact) mass is 279 g/mol. The van der Waals surface area contributed by atoms with Crippen LogP contribution in [0.1, 0.15) is 42.0 Å². The van der Waals surface area contributed by atoms with Crippen LogP contribution in [0.5, 0.6) is 0 Å². The van der Waals surface area contributed by atoms with Crippen LogP contribution in [0.4, 0.5) is 0 Å². The second-order valence-corrected chi connectivity index (χ2v) is 6.27. The quantitative estimate of drug-likeness (QED) is 0.903. The first-order valence-electron chi connectivity index (χ1n) is 6.78. The Morgan fingerprint density at radius 1 is 1.32 bits per heavy atom. The molecule has 1 aromatic heterocycles. The fourth-order valence-corrected chi connectivity index (χ4v) is 4.22. The summed E-state index contributed by atoms with van der Waals surface area (Å²) in [7, 11) is 0. The smallest absolute Gasteiger partial charge is 0.326 e.